The summed E-state index contributed by atoms with van der Waals surface area (Å²) in [5.41, 5.74) is 9.68. The van der Waals surface area contributed by atoms with Crippen molar-refractivity contribution < 1.29 is 17.9 Å². The monoisotopic (exact) mass is 345 g/mol. The molecule has 1 N–H and O–H groups in total. The summed E-state index contributed by atoms with van der Waals surface area (Å²) in [5.74, 6) is -0.321. The lowest BCUT2D eigenvalue weighted by atomic mass is 9.97. The minimum absolute atomic E-state index is 0.321. The van der Waals surface area contributed by atoms with Crippen LogP contribution in [0.5, 0.6) is 5.75 Å². The molecule has 3 aromatic rings. The number of pyridine rings is 1. The highest BCUT2D eigenvalue weighted by Gasteiger charge is 2.31. The predicted molar refractivity (Wildman–Crippen MR) is 86.5 cm³/mol. The van der Waals surface area contributed by atoms with Gasteiger partial charge in [0, 0.05) is 18.0 Å². The van der Waals surface area contributed by atoms with E-state index in [9.17, 15) is 13.2 Å². The molecule has 0 spiro atoms. The highest BCUT2D eigenvalue weighted by molar-refractivity contribution is 5.81. The van der Waals surface area contributed by atoms with Crippen LogP contribution < -0.4 is 4.74 Å². The lowest BCUT2D eigenvalue weighted by Gasteiger charge is -2.15. The first-order chi connectivity index (χ1) is 12.0. The van der Waals surface area contributed by atoms with E-state index in [1.54, 1.807) is 12.3 Å². The van der Waals surface area contributed by atoms with Crippen molar-refractivity contribution in [3.05, 3.63) is 71.9 Å². The maximum atomic E-state index is 12.4. The maximum absolute atomic E-state index is 12.4. The van der Waals surface area contributed by atoms with Crippen molar-refractivity contribution in [1.29, 1.82) is 5.53 Å². The molecule has 0 fully saturated rings. The van der Waals surface area contributed by atoms with Gasteiger partial charge in [-0.2, -0.15) is 5.11 Å². The van der Waals surface area contributed by atoms with Gasteiger partial charge in [0.05, 0.1) is 11.6 Å². The fourth-order valence-corrected chi connectivity index (χ4v) is 2.70. The second-order valence-corrected chi connectivity index (χ2v) is 5.46. The summed E-state index contributed by atoms with van der Waals surface area (Å²) < 4.78 is 41.1. The molecule has 0 saturated carbocycles. The molecule has 128 valence electrons. The van der Waals surface area contributed by atoms with E-state index in [1.807, 2.05) is 30.3 Å². The minimum atomic E-state index is -4.76. The van der Waals surface area contributed by atoms with Gasteiger partial charge in [0.25, 0.3) is 0 Å². The molecule has 0 aliphatic rings. The summed E-state index contributed by atoms with van der Waals surface area (Å²) in [7, 11) is 0. The van der Waals surface area contributed by atoms with Gasteiger partial charge in [-0.3, -0.25) is 4.98 Å². The molecule has 1 atom stereocenters. The average molecular weight is 345 g/mol. The summed E-state index contributed by atoms with van der Waals surface area (Å²) in [4.78, 5) is 4.28. The van der Waals surface area contributed by atoms with E-state index in [4.69, 9.17) is 5.53 Å². The van der Waals surface area contributed by atoms with Gasteiger partial charge >= 0.3 is 6.36 Å². The standard InChI is InChI=1S/C18H14F3N3O/c19-18(20,21)25-14-5-3-4-13(10-14)17(24-22)11-12-8-9-23-16-7-2-1-6-15(12)16/h1-10,17,22H,11H2. The number of nitrogens with one attached hydrogen (secondary N) is 1. The first-order valence-corrected chi connectivity index (χ1v) is 7.51. The van der Waals surface area contributed by atoms with Gasteiger partial charge in [-0.05, 0) is 35.4 Å². The smallest absolute Gasteiger partial charge is 0.406 e. The molecule has 1 unspecified atom stereocenters. The van der Waals surface area contributed by atoms with E-state index in [2.05, 4.69) is 14.8 Å². The van der Waals surface area contributed by atoms with Crippen LogP contribution in [0.1, 0.15) is 17.2 Å². The van der Waals surface area contributed by atoms with E-state index in [-0.39, 0.29) is 5.75 Å². The highest BCUT2D eigenvalue weighted by Crippen LogP contribution is 2.30. The Morgan fingerprint density at radius 2 is 1.88 bits per heavy atom. The quantitative estimate of drug-likeness (QED) is 0.625. The number of halogens is 3. The topological polar surface area (TPSA) is 58.3 Å². The number of benzene rings is 2. The molecular weight excluding hydrogens is 331 g/mol. The summed E-state index contributed by atoms with van der Waals surface area (Å²) in [6, 6.07) is 14.4. The van der Waals surface area contributed by atoms with Crippen LogP contribution in [0.15, 0.2) is 65.9 Å². The molecule has 0 aliphatic heterocycles. The molecule has 7 heteroatoms. The van der Waals surface area contributed by atoms with Crippen molar-refractivity contribution in [2.24, 2.45) is 5.11 Å². The molecule has 0 saturated heterocycles. The number of fused-ring (bicyclic) bond motifs is 1. The lowest BCUT2D eigenvalue weighted by molar-refractivity contribution is -0.274. The third kappa shape index (κ3) is 4.12. The highest BCUT2D eigenvalue weighted by atomic mass is 19.4. The first kappa shape index (κ1) is 16.9. The average Bonchev–Trinajstić information content (AvgIpc) is 2.58. The lowest BCUT2D eigenvalue weighted by Crippen LogP contribution is -2.17. The Labute approximate surface area is 141 Å². The van der Waals surface area contributed by atoms with Crippen molar-refractivity contribution in [2.45, 2.75) is 18.8 Å². The first-order valence-electron chi connectivity index (χ1n) is 7.51. The third-order valence-electron chi connectivity index (χ3n) is 3.78. The molecule has 3 rings (SSSR count). The van der Waals surface area contributed by atoms with E-state index in [0.29, 0.717) is 12.0 Å². The number of alkyl halides is 3. The predicted octanol–water partition coefficient (Wildman–Crippen LogP) is 5.45. The number of hydrogen-bond donors (Lipinski definition) is 1. The van der Waals surface area contributed by atoms with Crippen molar-refractivity contribution >= 4 is 10.9 Å². The molecule has 2 aromatic carbocycles. The van der Waals surface area contributed by atoms with E-state index in [1.165, 1.54) is 18.2 Å². The molecule has 1 heterocycles. The van der Waals surface area contributed by atoms with Crippen molar-refractivity contribution in [2.75, 3.05) is 0 Å². The largest absolute Gasteiger partial charge is 0.573 e. The Kier molecular flexibility index (Phi) is 4.65. The number of hydrogen-bond acceptors (Lipinski definition) is 4. The normalized spacial score (nSPS) is 12.8. The second kappa shape index (κ2) is 6.88. The second-order valence-electron chi connectivity index (χ2n) is 5.46. The summed E-state index contributed by atoms with van der Waals surface area (Å²) in [6.45, 7) is 0. The Hall–Kier alpha value is -2.96. The van der Waals surface area contributed by atoms with Crippen LogP contribution in [-0.2, 0) is 6.42 Å². The Morgan fingerprint density at radius 1 is 1.08 bits per heavy atom. The molecular formula is C18H14F3N3O. The van der Waals surface area contributed by atoms with Crippen LogP contribution >= 0.6 is 0 Å². The Balaban J connectivity index is 1.90. The molecule has 4 nitrogen and oxygen atoms in total. The van der Waals surface area contributed by atoms with Crippen molar-refractivity contribution in [3.63, 3.8) is 0 Å². The molecule has 0 aliphatic carbocycles. The zero-order chi connectivity index (χ0) is 17.9. The van der Waals surface area contributed by atoms with Crippen LogP contribution in [0.25, 0.3) is 10.9 Å². The van der Waals surface area contributed by atoms with Gasteiger partial charge in [-0.1, -0.05) is 30.3 Å². The maximum Gasteiger partial charge on any atom is 0.573 e. The number of nitrogens with zero attached hydrogens (tertiary/aromatic N) is 2. The van der Waals surface area contributed by atoms with Crippen molar-refractivity contribution in [3.8, 4) is 5.75 Å². The zero-order valence-electron chi connectivity index (χ0n) is 13.0. The van der Waals surface area contributed by atoms with Crippen LogP contribution in [-0.4, -0.2) is 11.3 Å². The van der Waals surface area contributed by atoms with E-state index in [0.717, 1.165) is 16.5 Å². The number of rotatable bonds is 5. The molecule has 0 amide bonds. The number of ether oxygens (including phenoxy) is 1. The minimum Gasteiger partial charge on any atom is -0.406 e. The SMILES string of the molecule is N=NC(Cc1ccnc2ccccc12)c1cccc(OC(F)(F)F)c1. The number of para-hydroxylation sites is 1. The van der Waals surface area contributed by atoms with Crippen molar-refractivity contribution in [1.82, 2.24) is 4.98 Å². The van der Waals surface area contributed by atoms with Gasteiger partial charge in [0.1, 0.15) is 5.75 Å². The zero-order valence-corrected chi connectivity index (χ0v) is 13.0. The van der Waals surface area contributed by atoms with Crippen LogP contribution in [0.2, 0.25) is 0 Å². The van der Waals surface area contributed by atoms with Gasteiger partial charge in [0.15, 0.2) is 0 Å². The number of aromatic nitrogens is 1. The van der Waals surface area contributed by atoms with Crippen LogP contribution in [0.3, 0.4) is 0 Å². The summed E-state index contributed by atoms with van der Waals surface area (Å²) >= 11 is 0. The Morgan fingerprint density at radius 3 is 2.64 bits per heavy atom. The summed E-state index contributed by atoms with van der Waals surface area (Å²) in [5, 5.41) is 4.52. The van der Waals surface area contributed by atoms with Crippen LogP contribution in [0, 0.1) is 5.53 Å². The van der Waals surface area contributed by atoms with E-state index >= 15 is 0 Å². The molecule has 25 heavy (non-hydrogen) atoms. The molecule has 0 bridgehead atoms. The third-order valence-corrected chi connectivity index (χ3v) is 3.78. The summed E-state index contributed by atoms with van der Waals surface area (Å²) in [6.07, 6.45) is -2.71. The molecule has 1 aromatic heterocycles. The fraction of sp³-hybridized carbons (Fsp3) is 0.167. The Bertz CT molecular complexity index is 891. The van der Waals surface area contributed by atoms with Gasteiger partial charge < -0.3 is 4.74 Å². The molecule has 0 radical (unpaired) electrons. The van der Waals surface area contributed by atoms with Gasteiger partial charge in [-0.15, -0.1) is 13.2 Å². The van der Waals surface area contributed by atoms with Gasteiger partial charge in [0.2, 0.25) is 0 Å². The fourth-order valence-electron chi connectivity index (χ4n) is 2.70. The van der Waals surface area contributed by atoms with E-state index < -0.39 is 12.4 Å². The van der Waals surface area contributed by atoms with Crippen LogP contribution in [0.4, 0.5) is 13.2 Å². The van der Waals surface area contributed by atoms with Gasteiger partial charge in [-0.25, -0.2) is 5.53 Å².